The van der Waals surface area contributed by atoms with Crippen molar-refractivity contribution in [2.24, 2.45) is 5.92 Å². The van der Waals surface area contributed by atoms with Crippen LogP contribution in [0.1, 0.15) is 31.7 Å². The lowest BCUT2D eigenvalue weighted by atomic mass is 10.1. The van der Waals surface area contributed by atoms with Crippen LogP contribution in [0.4, 0.5) is 10.2 Å². The van der Waals surface area contributed by atoms with E-state index in [0.717, 1.165) is 17.5 Å². The van der Waals surface area contributed by atoms with Gasteiger partial charge in [0.15, 0.2) is 0 Å². The Hall–Kier alpha value is -4.26. The van der Waals surface area contributed by atoms with Crippen LogP contribution in [0.5, 0.6) is 0 Å². The third-order valence-corrected chi connectivity index (χ3v) is 6.67. The predicted molar refractivity (Wildman–Crippen MR) is 142 cm³/mol. The van der Waals surface area contributed by atoms with E-state index in [9.17, 15) is 14.0 Å². The van der Waals surface area contributed by atoms with Gasteiger partial charge in [0, 0.05) is 23.6 Å². The second-order valence-electron chi connectivity index (χ2n) is 9.64. The average Bonchev–Trinajstić information content (AvgIpc) is 3.61. The maximum absolute atomic E-state index is 13.5. The van der Waals surface area contributed by atoms with E-state index in [0.29, 0.717) is 17.2 Å². The molecule has 3 aromatic carbocycles. The van der Waals surface area contributed by atoms with Crippen molar-refractivity contribution in [2.45, 2.75) is 32.2 Å². The smallest absolute Gasteiger partial charge is 0.245 e. The van der Waals surface area contributed by atoms with Gasteiger partial charge in [0.05, 0.1) is 11.4 Å². The van der Waals surface area contributed by atoms with Gasteiger partial charge >= 0.3 is 0 Å². The standard InChI is InChI=1S/C30H29FN4O2/c1-20(2)34(30(37)26-17-25(26)21-9-5-3-6-10-21)19-29(36)32-28-18-27(22-11-7-4-8-12-22)33-35(28)24-15-13-23(31)14-16-24/h3-16,18,20,25-26H,17,19H2,1-2H3,(H,32,36)/t25-,26-/m0/s1. The zero-order valence-electron chi connectivity index (χ0n) is 20.8. The highest BCUT2D eigenvalue weighted by Crippen LogP contribution is 2.48. The highest BCUT2D eigenvalue weighted by Gasteiger charge is 2.46. The van der Waals surface area contributed by atoms with Crippen LogP contribution in [-0.2, 0) is 9.59 Å². The Kier molecular flexibility index (Phi) is 6.86. The molecule has 0 bridgehead atoms. The maximum Gasteiger partial charge on any atom is 0.245 e. The molecular weight excluding hydrogens is 467 g/mol. The Labute approximate surface area is 215 Å². The SMILES string of the molecule is CC(C)N(CC(=O)Nc1cc(-c2ccccc2)nn1-c1ccc(F)cc1)C(=O)[C@H]1C[C@H]1c1ccccc1. The van der Waals surface area contributed by atoms with Crippen LogP contribution in [0.2, 0.25) is 0 Å². The maximum atomic E-state index is 13.5. The van der Waals surface area contributed by atoms with Gasteiger partial charge in [0.1, 0.15) is 18.2 Å². The molecule has 1 aliphatic rings. The largest absolute Gasteiger partial charge is 0.331 e. The fourth-order valence-electron chi connectivity index (χ4n) is 4.60. The molecule has 1 heterocycles. The van der Waals surface area contributed by atoms with Gasteiger partial charge in [-0.25, -0.2) is 9.07 Å². The Balaban J connectivity index is 1.35. The number of carbonyl (C=O) groups excluding carboxylic acids is 2. The lowest BCUT2D eigenvalue weighted by molar-refractivity contribution is -0.137. The van der Waals surface area contributed by atoms with Crippen molar-refractivity contribution >= 4 is 17.6 Å². The van der Waals surface area contributed by atoms with Crippen molar-refractivity contribution in [3.63, 3.8) is 0 Å². The second kappa shape index (κ2) is 10.4. The molecule has 4 aromatic rings. The summed E-state index contributed by atoms with van der Waals surface area (Å²) in [4.78, 5) is 28.2. The number of nitrogens with zero attached hydrogens (tertiary/aromatic N) is 3. The summed E-state index contributed by atoms with van der Waals surface area (Å²) in [5, 5.41) is 7.59. The molecule has 5 rings (SSSR count). The van der Waals surface area contributed by atoms with Crippen LogP contribution in [0, 0.1) is 11.7 Å². The molecule has 2 atom stereocenters. The first-order chi connectivity index (χ1) is 17.9. The van der Waals surface area contributed by atoms with Crippen molar-refractivity contribution < 1.29 is 14.0 Å². The van der Waals surface area contributed by atoms with Crippen molar-refractivity contribution in [1.29, 1.82) is 0 Å². The fourth-order valence-corrected chi connectivity index (χ4v) is 4.60. The molecule has 1 aromatic heterocycles. The van der Waals surface area contributed by atoms with Gasteiger partial charge in [0.2, 0.25) is 11.8 Å². The quantitative estimate of drug-likeness (QED) is 0.342. The zero-order valence-corrected chi connectivity index (χ0v) is 20.8. The topological polar surface area (TPSA) is 67.2 Å². The van der Waals surface area contributed by atoms with Crippen LogP contribution in [-0.4, -0.2) is 39.1 Å². The first kappa shape index (κ1) is 24.4. The number of benzene rings is 3. The minimum atomic E-state index is -0.357. The summed E-state index contributed by atoms with van der Waals surface area (Å²) in [7, 11) is 0. The number of amides is 2. The van der Waals surface area contributed by atoms with Crippen LogP contribution >= 0.6 is 0 Å². The van der Waals surface area contributed by atoms with E-state index in [1.807, 2.05) is 74.5 Å². The van der Waals surface area contributed by atoms with Gasteiger partial charge in [-0.2, -0.15) is 5.10 Å². The monoisotopic (exact) mass is 496 g/mol. The Bertz CT molecular complexity index is 1380. The van der Waals surface area contributed by atoms with Crippen molar-refractivity contribution in [3.8, 4) is 16.9 Å². The van der Waals surface area contributed by atoms with Gasteiger partial charge in [-0.1, -0.05) is 60.7 Å². The Morgan fingerprint density at radius 3 is 2.30 bits per heavy atom. The van der Waals surface area contributed by atoms with Gasteiger partial charge in [-0.05, 0) is 56.0 Å². The first-order valence-electron chi connectivity index (χ1n) is 12.5. The van der Waals surface area contributed by atoms with Crippen molar-refractivity contribution in [1.82, 2.24) is 14.7 Å². The molecule has 1 aliphatic carbocycles. The van der Waals surface area contributed by atoms with E-state index in [-0.39, 0.29) is 42.1 Å². The molecule has 0 spiro atoms. The zero-order chi connectivity index (χ0) is 25.9. The lowest BCUT2D eigenvalue weighted by Gasteiger charge is -2.26. The molecular formula is C30H29FN4O2. The molecule has 188 valence electrons. The van der Waals surface area contributed by atoms with E-state index in [1.165, 1.54) is 12.1 Å². The number of halogens is 1. The van der Waals surface area contributed by atoms with E-state index in [4.69, 9.17) is 0 Å². The van der Waals surface area contributed by atoms with E-state index >= 15 is 0 Å². The van der Waals surface area contributed by atoms with Crippen molar-refractivity contribution in [3.05, 3.63) is 102 Å². The third kappa shape index (κ3) is 5.45. The fraction of sp³-hybridized carbons (Fsp3) is 0.233. The highest BCUT2D eigenvalue weighted by atomic mass is 19.1. The number of hydrogen-bond acceptors (Lipinski definition) is 3. The number of anilines is 1. The van der Waals surface area contributed by atoms with Gasteiger partial charge in [-0.15, -0.1) is 0 Å². The predicted octanol–water partition coefficient (Wildman–Crippen LogP) is 5.66. The molecule has 0 saturated heterocycles. The summed E-state index contributed by atoms with van der Waals surface area (Å²) in [5.74, 6) is -0.138. The molecule has 0 radical (unpaired) electrons. The summed E-state index contributed by atoms with van der Waals surface area (Å²) in [6.07, 6.45) is 0.797. The van der Waals surface area contributed by atoms with Gasteiger partial charge < -0.3 is 10.2 Å². The minimum absolute atomic E-state index is 0.00369. The number of aromatic nitrogens is 2. The lowest BCUT2D eigenvalue weighted by Crippen LogP contribution is -2.43. The molecule has 1 saturated carbocycles. The molecule has 0 unspecified atom stereocenters. The molecule has 7 heteroatoms. The average molecular weight is 497 g/mol. The minimum Gasteiger partial charge on any atom is -0.331 e. The van der Waals surface area contributed by atoms with E-state index in [1.54, 1.807) is 27.8 Å². The summed E-state index contributed by atoms with van der Waals surface area (Å²) in [6, 6.07) is 27.2. The highest BCUT2D eigenvalue weighted by molar-refractivity contribution is 5.95. The number of hydrogen-bond donors (Lipinski definition) is 1. The third-order valence-electron chi connectivity index (χ3n) is 6.67. The molecule has 1 N–H and O–H groups in total. The van der Waals surface area contributed by atoms with Crippen LogP contribution in [0.25, 0.3) is 16.9 Å². The second-order valence-corrected chi connectivity index (χ2v) is 9.64. The summed E-state index contributed by atoms with van der Waals surface area (Å²) in [6.45, 7) is 3.77. The van der Waals surface area contributed by atoms with Crippen LogP contribution in [0.3, 0.4) is 0 Å². The normalized spacial score (nSPS) is 16.4. The number of nitrogens with one attached hydrogen (secondary N) is 1. The first-order valence-corrected chi connectivity index (χ1v) is 12.5. The molecule has 1 fully saturated rings. The molecule has 6 nitrogen and oxygen atoms in total. The van der Waals surface area contributed by atoms with Gasteiger partial charge in [0.25, 0.3) is 0 Å². The molecule has 37 heavy (non-hydrogen) atoms. The van der Waals surface area contributed by atoms with E-state index in [2.05, 4.69) is 10.4 Å². The Morgan fingerprint density at radius 1 is 1.00 bits per heavy atom. The summed E-state index contributed by atoms with van der Waals surface area (Å²) >= 11 is 0. The number of carbonyl (C=O) groups is 2. The van der Waals surface area contributed by atoms with Gasteiger partial charge in [-0.3, -0.25) is 9.59 Å². The van der Waals surface area contributed by atoms with Crippen molar-refractivity contribution in [2.75, 3.05) is 11.9 Å². The Morgan fingerprint density at radius 2 is 1.65 bits per heavy atom. The summed E-state index contributed by atoms with van der Waals surface area (Å²) in [5.41, 5.74) is 3.32. The van der Waals surface area contributed by atoms with Crippen LogP contribution in [0.15, 0.2) is 91.0 Å². The van der Waals surface area contributed by atoms with E-state index < -0.39 is 0 Å². The number of rotatable bonds is 8. The van der Waals surface area contributed by atoms with Crippen LogP contribution < -0.4 is 5.32 Å². The summed E-state index contributed by atoms with van der Waals surface area (Å²) < 4.78 is 15.1. The molecule has 2 amide bonds. The molecule has 0 aliphatic heterocycles.